The highest BCUT2D eigenvalue weighted by atomic mass is 16.6. The van der Waals surface area contributed by atoms with Crippen LogP contribution in [0.2, 0.25) is 0 Å². The van der Waals surface area contributed by atoms with Crippen molar-refractivity contribution in [2.45, 2.75) is 64.9 Å². The van der Waals surface area contributed by atoms with E-state index in [1.165, 1.54) is 12.8 Å². The molecule has 0 aromatic carbocycles. The monoisotopic (exact) mass is 279 g/mol. The molecule has 0 unspecified atom stereocenters. The van der Waals surface area contributed by atoms with E-state index in [9.17, 15) is 9.59 Å². The van der Waals surface area contributed by atoms with Crippen LogP contribution in [0.25, 0.3) is 0 Å². The van der Waals surface area contributed by atoms with Crippen LogP contribution >= 0.6 is 0 Å². The second-order valence-corrected chi connectivity index (χ2v) is 7.38. The van der Waals surface area contributed by atoms with E-state index in [1.807, 2.05) is 25.7 Å². The maximum absolute atomic E-state index is 13.1. The molecule has 4 heteroatoms. The van der Waals surface area contributed by atoms with Gasteiger partial charge in [-0.25, -0.2) is 0 Å². The van der Waals surface area contributed by atoms with Gasteiger partial charge >= 0.3 is 5.97 Å². The summed E-state index contributed by atoms with van der Waals surface area (Å²) in [5.74, 6) is -0.129. The number of esters is 1. The summed E-state index contributed by atoms with van der Waals surface area (Å²) < 4.78 is 5.69. The molecule has 20 heavy (non-hydrogen) atoms. The number of fused-ring (bicyclic) bond motifs is 2. The van der Waals surface area contributed by atoms with Gasteiger partial charge in [-0.05, 0) is 32.6 Å². The first-order valence-electron chi connectivity index (χ1n) is 7.88. The molecule has 0 radical (unpaired) electrons. The molecule has 2 aliphatic heterocycles. The molecule has 3 rings (SSSR count). The molecule has 3 aliphatic rings. The largest absolute Gasteiger partial charge is 0.448 e. The van der Waals surface area contributed by atoms with Crippen LogP contribution in [0, 0.1) is 10.8 Å². The van der Waals surface area contributed by atoms with Crippen molar-refractivity contribution in [1.82, 2.24) is 4.90 Å². The molecule has 1 aliphatic carbocycles. The number of hydrogen-bond acceptors (Lipinski definition) is 3. The molecule has 4 nitrogen and oxygen atoms in total. The molecule has 0 aromatic heterocycles. The van der Waals surface area contributed by atoms with Gasteiger partial charge in [0.15, 0.2) is 5.60 Å². The van der Waals surface area contributed by atoms with E-state index in [1.54, 1.807) is 0 Å². The highest BCUT2D eigenvalue weighted by Gasteiger charge is 2.76. The van der Waals surface area contributed by atoms with E-state index in [4.69, 9.17) is 4.74 Å². The maximum atomic E-state index is 13.1. The second kappa shape index (κ2) is 4.22. The van der Waals surface area contributed by atoms with Gasteiger partial charge in [0, 0.05) is 18.5 Å². The van der Waals surface area contributed by atoms with Crippen molar-refractivity contribution in [3.05, 3.63) is 0 Å². The van der Waals surface area contributed by atoms with Crippen molar-refractivity contribution < 1.29 is 14.3 Å². The number of rotatable bonds is 1. The Kier molecular flexibility index (Phi) is 2.93. The number of likely N-dealkylation sites (tertiary alicyclic amines) is 1. The zero-order valence-electron chi connectivity index (χ0n) is 12.8. The third kappa shape index (κ3) is 1.48. The molecular weight excluding hydrogens is 254 g/mol. The van der Waals surface area contributed by atoms with E-state index in [0.717, 1.165) is 32.4 Å². The zero-order chi connectivity index (χ0) is 14.6. The van der Waals surface area contributed by atoms with E-state index >= 15 is 0 Å². The Labute approximate surface area is 120 Å². The number of carbonyl (C=O) groups is 2. The fraction of sp³-hybridized carbons (Fsp3) is 0.875. The first-order valence-corrected chi connectivity index (χ1v) is 7.88. The van der Waals surface area contributed by atoms with Crippen LogP contribution < -0.4 is 0 Å². The second-order valence-electron chi connectivity index (χ2n) is 7.38. The molecule has 0 spiro atoms. The van der Waals surface area contributed by atoms with Gasteiger partial charge in [-0.1, -0.05) is 26.7 Å². The predicted molar refractivity (Wildman–Crippen MR) is 75.0 cm³/mol. The third-order valence-corrected chi connectivity index (χ3v) is 6.32. The van der Waals surface area contributed by atoms with Crippen molar-refractivity contribution in [1.29, 1.82) is 0 Å². The lowest BCUT2D eigenvalue weighted by atomic mass is 9.66. The summed E-state index contributed by atoms with van der Waals surface area (Å²) in [6.45, 7) is 7.64. The molecule has 112 valence electrons. The Hall–Kier alpha value is -1.06. The molecule has 3 fully saturated rings. The molecule has 2 heterocycles. The van der Waals surface area contributed by atoms with Gasteiger partial charge in [0.05, 0.1) is 5.41 Å². The van der Waals surface area contributed by atoms with Gasteiger partial charge in [0.1, 0.15) is 0 Å². The lowest BCUT2D eigenvalue weighted by Gasteiger charge is -2.38. The van der Waals surface area contributed by atoms with Crippen LogP contribution in [0.15, 0.2) is 0 Å². The fourth-order valence-electron chi connectivity index (χ4n) is 4.25. The average molecular weight is 279 g/mol. The number of amides is 1. The predicted octanol–water partition coefficient (Wildman–Crippen LogP) is 2.51. The number of hydrogen-bond donors (Lipinski definition) is 0. The lowest BCUT2D eigenvalue weighted by molar-refractivity contribution is -0.174. The van der Waals surface area contributed by atoms with E-state index in [0.29, 0.717) is 6.42 Å². The average Bonchev–Trinajstić information content (AvgIpc) is 2.68. The SMILES string of the molecule is CC1(C)[C@@]2(C)CC[C@@]1(C(=O)N1CCCCCC1)OC2=O. The van der Waals surface area contributed by atoms with Crippen LogP contribution in [0.4, 0.5) is 0 Å². The number of carbonyl (C=O) groups excluding carboxylic acids is 2. The van der Waals surface area contributed by atoms with Crippen molar-refractivity contribution >= 4 is 11.9 Å². The molecule has 0 aromatic rings. The van der Waals surface area contributed by atoms with E-state index in [2.05, 4.69) is 0 Å². The molecular formula is C16H25NO3. The minimum Gasteiger partial charge on any atom is -0.448 e. The topological polar surface area (TPSA) is 46.6 Å². The highest BCUT2D eigenvalue weighted by molar-refractivity contribution is 5.96. The quantitative estimate of drug-likeness (QED) is 0.693. The third-order valence-electron chi connectivity index (χ3n) is 6.32. The summed E-state index contributed by atoms with van der Waals surface area (Å²) in [6.07, 6.45) is 5.95. The van der Waals surface area contributed by atoms with Gasteiger partial charge in [-0.15, -0.1) is 0 Å². The molecule has 2 saturated heterocycles. The van der Waals surface area contributed by atoms with Crippen LogP contribution in [0.3, 0.4) is 0 Å². The summed E-state index contributed by atoms with van der Waals surface area (Å²) >= 11 is 0. The van der Waals surface area contributed by atoms with Gasteiger partial charge in [0.25, 0.3) is 5.91 Å². The summed E-state index contributed by atoms with van der Waals surface area (Å²) in [5, 5.41) is 0. The maximum Gasteiger partial charge on any atom is 0.313 e. The highest BCUT2D eigenvalue weighted by Crippen LogP contribution is 2.65. The smallest absolute Gasteiger partial charge is 0.313 e. The van der Waals surface area contributed by atoms with Crippen LogP contribution in [0.5, 0.6) is 0 Å². The number of nitrogens with zero attached hydrogens (tertiary/aromatic N) is 1. The minimum absolute atomic E-state index is 0.0546. The fourth-order valence-corrected chi connectivity index (χ4v) is 4.25. The van der Waals surface area contributed by atoms with E-state index in [-0.39, 0.29) is 11.9 Å². The molecule has 0 N–H and O–H groups in total. The Morgan fingerprint density at radius 2 is 1.65 bits per heavy atom. The lowest BCUT2D eigenvalue weighted by Crippen LogP contribution is -2.55. The summed E-state index contributed by atoms with van der Waals surface area (Å²) in [7, 11) is 0. The molecule has 1 amide bonds. The Morgan fingerprint density at radius 1 is 1.05 bits per heavy atom. The van der Waals surface area contributed by atoms with Crippen LogP contribution in [-0.4, -0.2) is 35.5 Å². The number of ether oxygens (including phenoxy) is 1. The molecule has 1 saturated carbocycles. The van der Waals surface area contributed by atoms with Gasteiger partial charge in [0.2, 0.25) is 0 Å². The van der Waals surface area contributed by atoms with Crippen molar-refractivity contribution in [3.63, 3.8) is 0 Å². The molecule has 2 bridgehead atoms. The Bertz CT molecular complexity index is 451. The first kappa shape index (κ1) is 13.9. The van der Waals surface area contributed by atoms with Crippen molar-refractivity contribution in [3.8, 4) is 0 Å². The minimum atomic E-state index is -0.914. The first-order chi connectivity index (χ1) is 9.35. The van der Waals surface area contributed by atoms with Crippen LogP contribution in [0.1, 0.15) is 59.3 Å². The Balaban J connectivity index is 1.92. The van der Waals surface area contributed by atoms with Crippen LogP contribution in [-0.2, 0) is 14.3 Å². The van der Waals surface area contributed by atoms with Crippen molar-refractivity contribution in [2.75, 3.05) is 13.1 Å². The van der Waals surface area contributed by atoms with Gasteiger partial charge in [-0.2, -0.15) is 0 Å². The molecule has 2 atom stereocenters. The van der Waals surface area contributed by atoms with Crippen molar-refractivity contribution in [2.24, 2.45) is 10.8 Å². The van der Waals surface area contributed by atoms with Gasteiger partial charge < -0.3 is 9.64 Å². The summed E-state index contributed by atoms with van der Waals surface area (Å²) in [5.41, 5.74) is -1.84. The van der Waals surface area contributed by atoms with E-state index < -0.39 is 16.4 Å². The standard InChI is InChI=1S/C16H25NO3/c1-14(2)15(3)8-9-16(14,20-13(15)19)12(18)17-10-6-4-5-7-11-17/h4-11H2,1-3H3/t15-,16-/m0/s1. The summed E-state index contributed by atoms with van der Waals surface area (Å²) in [4.78, 5) is 27.3. The normalized spacial score (nSPS) is 39.5. The zero-order valence-corrected chi connectivity index (χ0v) is 12.8. The summed E-state index contributed by atoms with van der Waals surface area (Å²) in [6, 6.07) is 0. The Morgan fingerprint density at radius 3 is 2.10 bits per heavy atom. The van der Waals surface area contributed by atoms with Gasteiger partial charge in [-0.3, -0.25) is 9.59 Å².